The number of nitrogens with zero attached hydrogens (tertiary/aromatic N) is 1. The van der Waals surface area contributed by atoms with Crippen LogP contribution in [0.15, 0.2) is 53.4 Å². The van der Waals surface area contributed by atoms with E-state index in [9.17, 15) is 18.0 Å². The summed E-state index contributed by atoms with van der Waals surface area (Å²) in [5.41, 5.74) is 0.805. The average molecular weight is 462 g/mol. The number of carbonyl (C=O) groups is 2. The third-order valence-electron chi connectivity index (χ3n) is 4.17. The molecule has 0 unspecified atom stereocenters. The van der Waals surface area contributed by atoms with Gasteiger partial charge in [-0.15, -0.1) is 0 Å². The van der Waals surface area contributed by atoms with E-state index >= 15 is 0 Å². The van der Waals surface area contributed by atoms with Crippen molar-refractivity contribution in [3.8, 4) is 5.75 Å². The minimum absolute atomic E-state index is 0.0270. The maximum atomic E-state index is 12.7. The predicted molar refractivity (Wildman–Crippen MR) is 116 cm³/mol. The summed E-state index contributed by atoms with van der Waals surface area (Å²) < 4.78 is 37.3. The number of aryl methyl sites for hydroxylation is 1. The van der Waals surface area contributed by atoms with Gasteiger partial charge in [-0.25, -0.2) is 18.2 Å². The number of benzene rings is 2. The molecule has 0 aliphatic heterocycles. The van der Waals surface area contributed by atoms with Gasteiger partial charge >= 0.3 is 5.97 Å². The van der Waals surface area contributed by atoms with Crippen LogP contribution in [-0.2, 0) is 14.8 Å². The second-order valence-electron chi connectivity index (χ2n) is 6.21. The number of hydrogen-bond acceptors (Lipinski definition) is 8. The smallest absolute Gasteiger partial charge is 0.339 e. The lowest BCUT2D eigenvalue weighted by atomic mass is 10.1. The lowest BCUT2D eigenvalue weighted by molar-refractivity contribution is 0.0602. The van der Waals surface area contributed by atoms with Gasteiger partial charge in [0, 0.05) is 0 Å². The van der Waals surface area contributed by atoms with Gasteiger partial charge in [-0.3, -0.25) is 9.52 Å². The molecule has 0 saturated heterocycles. The van der Waals surface area contributed by atoms with Crippen molar-refractivity contribution < 1.29 is 27.5 Å². The second kappa shape index (κ2) is 9.14. The van der Waals surface area contributed by atoms with Crippen molar-refractivity contribution in [2.75, 3.05) is 24.3 Å². The number of rotatable bonds is 7. The lowest BCUT2D eigenvalue weighted by Gasteiger charge is -2.08. The van der Waals surface area contributed by atoms with Gasteiger partial charge in [0.2, 0.25) is 0 Å². The Labute approximate surface area is 183 Å². The maximum absolute atomic E-state index is 12.7. The van der Waals surface area contributed by atoms with Crippen LogP contribution in [0, 0.1) is 6.92 Å². The molecule has 2 aromatic carbocycles. The number of para-hydroxylation sites is 1. The molecule has 0 aliphatic rings. The highest BCUT2D eigenvalue weighted by Crippen LogP contribution is 2.27. The molecule has 0 fully saturated rings. The lowest BCUT2D eigenvalue weighted by Crippen LogP contribution is -2.15. The van der Waals surface area contributed by atoms with Gasteiger partial charge < -0.3 is 14.8 Å². The largest absolute Gasteiger partial charge is 0.497 e. The van der Waals surface area contributed by atoms with Gasteiger partial charge in [0.25, 0.3) is 15.9 Å². The van der Waals surface area contributed by atoms with E-state index in [0.29, 0.717) is 11.4 Å². The van der Waals surface area contributed by atoms with Gasteiger partial charge in [-0.05, 0) is 43.3 Å². The van der Waals surface area contributed by atoms with E-state index < -0.39 is 21.9 Å². The van der Waals surface area contributed by atoms with E-state index in [1.54, 1.807) is 25.1 Å². The van der Waals surface area contributed by atoms with Crippen molar-refractivity contribution in [3.63, 3.8) is 0 Å². The van der Waals surface area contributed by atoms with Gasteiger partial charge in [0.05, 0.1) is 36.1 Å². The summed E-state index contributed by atoms with van der Waals surface area (Å²) >= 11 is 0.882. The van der Waals surface area contributed by atoms with E-state index in [2.05, 4.69) is 15.0 Å². The number of esters is 1. The van der Waals surface area contributed by atoms with Crippen LogP contribution in [0.5, 0.6) is 5.75 Å². The second-order valence-corrected chi connectivity index (χ2v) is 8.89. The van der Waals surface area contributed by atoms with Crippen LogP contribution in [-0.4, -0.2) is 39.5 Å². The molecule has 11 heteroatoms. The minimum Gasteiger partial charge on any atom is -0.497 e. The number of carbonyl (C=O) groups excluding carboxylic acids is 2. The Bertz CT molecular complexity index is 1220. The van der Waals surface area contributed by atoms with Crippen LogP contribution < -0.4 is 14.8 Å². The van der Waals surface area contributed by atoms with Crippen molar-refractivity contribution >= 4 is 44.1 Å². The number of methoxy groups -OCH3 is 2. The molecule has 0 bridgehead atoms. The van der Waals surface area contributed by atoms with Crippen molar-refractivity contribution in [3.05, 3.63) is 64.7 Å². The SMILES string of the molecule is COC(=O)c1ccccc1NC(=O)c1sc(NS(=O)(=O)c2ccc(OC)cc2)nc1C. The van der Waals surface area contributed by atoms with Crippen molar-refractivity contribution in [1.29, 1.82) is 0 Å². The van der Waals surface area contributed by atoms with Crippen LogP contribution in [0.2, 0.25) is 0 Å². The molecule has 0 aliphatic carbocycles. The highest BCUT2D eigenvalue weighted by molar-refractivity contribution is 7.93. The highest BCUT2D eigenvalue weighted by atomic mass is 32.2. The van der Waals surface area contributed by atoms with Gasteiger partial charge in [-0.1, -0.05) is 23.5 Å². The third kappa shape index (κ3) is 5.01. The Morgan fingerprint density at radius 1 is 1.03 bits per heavy atom. The first-order valence-corrected chi connectivity index (χ1v) is 11.2. The van der Waals surface area contributed by atoms with Gasteiger partial charge in [-0.2, -0.15) is 0 Å². The number of hydrogen-bond donors (Lipinski definition) is 2. The topological polar surface area (TPSA) is 124 Å². The summed E-state index contributed by atoms with van der Waals surface area (Å²) in [4.78, 5) is 29.0. The summed E-state index contributed by atoms with van der Waals surface area (Å²) in [5, 5.41) is 2.68. The summed E-state index contributed by atoms with van der Waals surface area (Å²) in [7, 11) is -1.17. The molecular weight excluding hydrogens is 442 g/mol. The number of anilines is 2. The predicted octanol–water partition coefficient (Wildman–Crippen LogP) is 3.30. The molecule has 0 radical (unpaired) electrons. The Balaban J connectivity index is 1.81. The number of aromatic nitrogens is 1. The van der Waals surface area contributed by atoms with E-state index in [1.165, 1.54) is 44.6 Å². The summed E-state index contributed by atoms with van der Waals surface area (Å²) in [6, 6.07) is 12.3. The zero-order valence-electron chi connectivity index (χ0n) is 16.8. The summed E-state index contributed by atoms with van der Waals surface area (Å²) in [6.07, 6.45) is 0. The van der Waals surface area contributed by atoms with Gasteiger partial charge in [0.15, 0.2) is 5.13 Å². The maximum Gasteiger partial charge on any atom is 0.339 e. The van der Waals surface area contributed by atoms with Crippen molar-refractivity contribution in [2.45, 2.75) is 11.8 Å². The van der Waals surface area contributed by atoms with Crippen LogP contribution in [0.4, 0.5) is 10.8 Å². The molecule has 0 atom stereocenters. The standard InChI is InChI=1S/C20H19N3O6S2/c1-12-17(18(24)22-16-7-5-4-6-15(16)19(25)29-3)30-20(21-12)23-31(26,27)14-10-8-13(28-2)9-11-14/h4-11H,1-3H3,(H,21,23)(H,22,24). The minimum atomic E-state index is -3.90. The molecule has 1 amide bonds. The monoisotopic (exact) mass is 461 g/mol. The third-order valence-corrected chi connectivity index (χ3v) is 6.73. The molecule has 0 saturated carbocycles. The molecule has 9 nitrogen and oxygen atoms in total. The first kappa shape index (κ1) is 22.2. The average Bonchev–Trinajstić information content (AvgIpc) is 3.13. The molecule has 2 N–H and O–H groups in total. The fraction of sp³-hybridized carbons (Fsp3) is 0.150. The van der Waals surface area contributed by atoms with Crippen molar-refractivity contribution in [2.24, 2.45) is 0 Å². The zero-order chi connectivity index (χ0) is 22.6. The highest BCUT2D eigenvalue weighted by Gasteiger charge is 2.22. The fourth-order valence-electron chi connectivity index (χ4n) is 2.64. The quantitative estimate of drug-likeness (QED) is 0.517. The van der Waals surface area contributed by atoms with E-state index in [-0.39, 0.29) is 26.2 Å². The Kier molecular flexibility index (Phi) is 6.56. The van der Waals surface area contributed by atoms with Crippen LogP contribution >= 0.6 is 11.3 Å². The zero-order valence-corrected chi connectivity index (χ0v) is 18.5. The van der Waals surface area contributed by atoms with Gasteiger partial charge in [0.1, 0.15) is 10.6 Å². The van der Waals surface area contributed by atoms with E-state index in [1.807, 2.05) is 0 Å². The van der Waals surface area contributed by atoms with Crippen molar-refractivity contribution in [1.82, 2.24) is 4.98 Å². The molecular formula is C20H19N3O6S2. The number of sulfonamides is 1. The first-order valence-electron chi connectivity index (χ1n) is 8.88. The van der Waals surface area contributed by atoms with E-state index in [0.717, 1.165) is 11.3 Å². The normalized spacial score (nSPS) is 10.9. The van der Waals surface area contributed by atoms with Crippen LogP contribution in [0.25, 0.3) is 0 Å². The Morgan fingerprint density at radius 2 is 1.71 bits per heavy atom. The Hall–Kier alpha value is -3.44. The van der Waals surface area contributed by atoms with Crippen LogP contribution in [0.1, 0.15) is 25.7 Å². The molecule has 3 rings (SSSR count). The number of thiazole rings is 1. The fourth-order valence-corrected chi connectivity index (χ4v) is 4.74. The van der Waals surface area contributed by atoms with Crippen LogP contribution in [0.3, 0.4) is 0 Å². The van der Waals surface area contributed by atoms with E-state index in [4.69, 9.17) is 9.47 Å². The first-order chi connectivity index (χ1) is 14.7. The summed E-state index contributed by atoms with van der Waals surface area (Å²) in [6.45, 7) is 1.59. The molecule has 162 valence electrons. The molecule has 31 heavy (non-hydrogen) atoms. The summed E-state index contributed by atoms with van der Waals surface area (Å²) in [5.74, 6) is -0.596. The number of amides is 1. The number of nitrogens with one attached hydrogen (secondary N) is 2. The molecule has 1 aromatic heterocycles. The molecule has 3 aromatic rings. The number of ether oxygens (including phenoxy) is 2. The Morgan fingerprint density at radius 3 is 2.35 bits per heavy atom. The molecule has 0 spiro atoms. The molecule has 1 heterocycles.